The molecule has 1 aromatic heterocycles. The van der Waals surface area contributed by atoms with E-state index in [1.165, 1.54) is 54.6 Å². The third-order valence-corrected chi connectivity index (χ3v) is 11.3. The summed E-state index contributed by atoms with van der Waals surface area (Å²) in [4.78, 5) is 2.40. The smallest absolute Gasteiger partial charge is 0.143 e. The molecule has 1 heterocycles. The van der Waals surface area contributed by atoms with E-state index in [1.54, 1.807) is 0 Å². The van der Waals surface area contributed by atoms with Gasteiger partial charge in [0.1, 0.15) is 11.2 Å². The van der Waals surface area contributed by atoms with Crippen molar-refractivity contribution in [2.45, 2.75) is 0 Å². The molecule has 0 atom stereocenters. The summed E-state index contributed by atoms with van der Waals surface area (Å²) in [7, 11) is 0. The highest BCUT2D eigenvalue weighted by molar-refractivity contribution is 6.15. The molecular weight excluding hydrogens is 679 g/mol. The predicted molar refractivity (Wildman–Crippen MR) is 237 cm³/mol. The molecule has 0 aliphatic heterocycles. The maximum atomic E-state index is 6.45. The standard InChI is InChI=1S/C54H35NO/c1-2-13-39-34-40(25-24-36(39)12-1)37-26-30-42(31-27-37)55(43-32-28-38(29-33-43)45-20-11-21-50-49-19-8-10-23-53(49)56-54(45)50)52-22-9-7-18-48(52)51-35-41-14-3-4-15-44(41)46-16-5-6-17-47(46)51/h1-35H. The molecule has 10 aromatic carbocycles. The average molecular weight is 714 g/mol. The first-order chi connectivity index (χ1) is 27.8. The normalized spacial score (nSPS) is 11.6. The number of hydrogen-bond donors (Lipinski definition) is 0. The first kappa shape index (κ1) is 32.0. The number of rotatable bonds is 6. The van der Waals surface area contributed by atoms with Crippen molar-refractivity contribution in [1.29, 1.82) is 0 Å². The summed E-state index contributed by atoms with van der Waals surface area (Å²) in [6.45, 7) is 0. The summed E-state index contributed by atoms with van der Waals surface area (Å²) in [5.41, 5.74) is 12.0. The van der Waals surface area contributed by atoms with E-state index in [0.717, 1.165) is 50.1 Å². The molecule has 0 aliphatic rings. The van der Waals surface area contributed by atoms with E-state index >= 15 is 0 Å². The maximum absolute atomic E-state index is 6.45. The highest BCUT2D eigenvalue weighted by atomic mass is 16.3. The Bertz CT molecular complexity index is 3250. The van der Waals surface area contributed by atoms with Crippen molar-refractivity contribution in [3.8, 4) is 33.4 Å². The van der Waals surface area contributed by atoms with Crippen molar-refractivity contribution in [2.24, 2.45) is 0 Å². The SMILES string of the molecule is c1ccc(N(c2ccc(-c3ccc4ccccc4c3)cc2)c2ccc(-c3cccc4c3oc3ccccc34)cc2)c(-c2cc3ccccc3c3ccccc23)c1. The van der Waals surface area contributed by atoms with Crippen LogP contribution in [0.2, 0.25) is 0 Å². The molecule has 56 heavy (non-hydrogen) atoms. The summed E-state index contributed by atoms with van der Waals surface area (Å²) in [6, 6.07) is 76.5. The molecule has 0 aliphatic carbocycles. The van der Waals surface area contributed by atoms with Gasteiger partial charge in [-0.3, -0.25) is 0 Å². The summed E-state index contributed by atoms with van der Waals surface area (Å²) < 4.78 is 6.45. The molecule has 0 fully saturated rings. The lowest BCUT2D eigenvalue weighted by molar-refractivity contribution is 0.670. The minimum Gasteiger partial charge on any atom is -0.455 e. The molecule has 0 radical (unpaired) electrons. The Labute approximate surface area is 325 Å². The van der Waals surface area contributed by atoms with Crippen LogP contribution in [0.5, 0.6) is 0 Å². The molecule has 0 saturated carbocycles. The van der Waals surface area contributed by atoms with Gasteiger partial charge in [0.2, 0.25) is 0 Å². The van der Waals surface area contributed by atoms with Crippen LogP contribution >= 0.6 is 0 Å². The molecule has 11 aromatic rings. The van der Waals surface area contributed by atoms with Gasteiger partial charge in [-0.2, -0.15) is 0 Å². The van der Waals surface area contributed by atoms with Gasteiger partial charge in [0.15, 0.2) is 0 Å². The summed E-state index contributed by atoms with van der Waals surface area (Å²) in [5.74, 6) is 0. The fraction of sp³-hybridized carbons (Fsp3) is 0. The average Bonchev–Trinajstić information content (AvgIpc) is 3.66. The number of fused-ring (bicyclic) bond motifs is 7. The zero-order valence-corrected chi connectivity index (χ0v) is 30.6. The van der Waals surface area contributed by atoms with E-state index < -0.39 is 0 Å². The molecule has 11 rings (SSSR count). The molecule has 262 valence electrons. The molecule has 0 unspecified atom stereocenters. The van der Waals surface area contributed by atoms with Crippen LogP contribution in [0.25, 0.3) is 87.6 Å². The number of anilines is 3. The molecule has 2 heteroatoms. The van der Waals surface area contributed by atoms with Crippen molar-refractivity contribution in [1.82, 2.24) is 0 Å². The van der Waals surface area contributed by atoms with Crippen LogP contribution in [-0.4, -0.2) is 0 Å². The van der Waals surface area contributed by atoms with Crippen LogP contribution in [-0.2, 0) is 0 Å². The molecule has 0 N–H and O–H groups in total. The second-order valence-electron chi connectivity index (χ2n) is 14.5. The topological polar surface area (TPSA) is 16.4 Å². The number of para-hydroxylation sites is 3. The van der Waals surface area contributed by atoms with Gasteiger partial charge in [-0.15, -0.1) is 0 Å². The van der Waals surface area contributed by atoms with Crippen molar-refractivity contribution >= 4 is 71.3 Å². The van der Waals surface area contributed by atoms with Crippen molar-refractivity contribution in [3.63, 3.8) is 0 Å². The minimum absolute atomic E-state index is 0.905. The quantitative estimate of drug-likeness (QED) is 0.160. The van der Waals surface area contributed by atoms with E-state index in [4.69, 9.17) is 4.42 Å². The largest absolute Gasteiger partial charge is 0.455 e. The van der Waals surface area contributed by atoms with Crippen LogP contribution in [0, 0.1) is 0 Å². The fourth-order valence-electron chi connectivity index (χ4n) is 8.54. The summed E-state index contributed by atoms with van der Waals surface area (Å²) in [6.07, 6.45) is 0. The highest BCUT2D eigenvalue weighted by Crippen LogP contribution is 2.45. The molecular formula is C54H35NO. The Morgan fingerprint density at radius 3 is 1.68 bits per heavy atom. The Hall–Kier alpha value is -7.42. The Kier molecular flexibility index (Phi) is 7.53. The third kappa shape index (κ3) is 5.34. The Morgan fingerprint density at radius 2 is 0.875 bits per heavy atom. The van der Waals surface area contributed by atoms with Gasteiger partial charge < -0.3 is 9.32 Å². The van der Waals surface area contributed by atoms with E-state index in [1.807, 2.05) is 12.1 Å². The lowest BCUT2D eigenvalue weighted by atomic mass is 9.92. The lowest BCUT2D eigenvalue weighted by Gasteiger charge is -2.28. The van der Waals surface area contributed by atoms with Gasteiger partial charge in [-0.05, 0) is 103 Å². The first-order valence-corrected chi connectivity index (χ1v) is 19.2. The molecule has 2 nitrogen and oxygen atoms in total. The number of furan rings is 1. The Balaban J connectivity index is 1.08. The van der Waals surface area contributed by atoms with Crippen molar-refractivity contribution < 1.29 is 4.42 Å². The van der Waals surface area contributed by atoms with Gasteiger partial charge >= 0.3 is 0 Å². The van der Waals surface area contributed by atoms with Crippen molar-refractivity contribution in [3.05, 3.63) is 212 Å². The van der Waals surface area contributed by atoms with Gasteiger partial charge in [-0.25, -0.2) is 0 Å². The highest BCUT2D eigenvalue weighted by Gasteiger charge is 2.20. The second kappa shape index (κ2) is 13.2. The first-order valence-electron chi connectivity index (χ1n) is 19.2. The van der Waals surface area contributed by atoms with E-state index in [-0.39, 0.29) is 0 Å². The van der Waals surface area contributed by atoms with Crippen molar-refractivity contribution in [2.75, 3.05) is 4.90 Å². The fourth-order valence-corrected chi connectivity index (χ4v) is 8.54. The van der Waals surface area contributed by atoms with Crippen LogP contribution in [0.4, 0.5) is 17.1 Å². The number of nitrogens with zero attached hydrogens (tertiary/aromatic N) is 1. The molecule has 0 spiro atoms. The Morgan fingerprint density at radius 1 is 0.304 bits per heavy atom. The zero-order valence-electron chi connectivity index (χ0n) is 30.6. The molecule has 0 bridgehead atoms. The lowest BCUT2D eigenvalue weighted by Crippen LogP contribution is -2.11. The second-order valence-corrected chi connectivity index (χ2v) is 14.5. The predicted octanol–water partition coefficient (Wildman–Crippen LogP) is 15.5. The summed E-state index contributed by atoms with van der Waals surface area (Å²) >= 11 is 0. The monoisotopic (exact) mass is 713 g/mol. The summed E-state index contributed by atoms with van der Waals surface area (Å²) in [5, 5.41) is 9.74. The molecule has 0 amide bonds. The van der Waals surface area contributed by atoms with Gasteiger partial charge in [0, 0.05) is 33.3 Å². The van der Waals surface area contributed by atoms with Gasteiger partial charge in [-0.1, -0.05) is 164 Å². The van der Waals surface area contributed by atoms with E-state index in [9.17, 15) is 0 Å². The van der Waals surface area contributed by atoms with Crippen LogP contribution in [0.1, 0.15) is 0 Å². The van der Waals surface area contributed by atoms with E-state index in [0.29, 0.717) is 0 Å². The maximum Gasteiger partial charge on any atom is 0.143 e. The number of hydrogen-bond acceptors (Lipinski definition) is 2. The van der Waals surface area contributed by atoms with E-state index in [2.05, 4.69) is 205 Å². The zero-order chi connectivity index (χ0) is 37.0. The van der Waals surface area contributed by atoms with Gasteiger partial charge in [0.05, 0.1) is 5.69 Å². The molecule has 0 saturated heterocycles. The van der Waals surface area contributed by atoms with Crippen LogP contribution in [0.3, 0.4) is 0 Å². The van der Waals surface area contributed by atoms with Crippen LogP contribution < -0.4 is 4.90 Å². The number of benzene rings is 10. The third-order valence-electron chi connectivity index (χ3n) is 11.3. The minimum atomic E-state index is 0.905. The van der Waals surface area contributed by atoms with Crippen LogP contribution in [0.15, 0.2) is 217 Å². The van der Waals surface area contributed by atoms with Gasteiger partial charge in [0.25, 0.3) is 0 Å².